The van der Waals surface area contributed by atoms with Crippen molar-refractivity contribution in [2.75, 3.05) is 4.90 Å². The number of pyridine rings is 1. The average molecular weight is 326 g/mol. The van der Waals surface area contributed by atoms with Crippen LogP contribution in [-0.4, -0.2) is 4.98 Å². The molecule has 2 nitrogen and oxygen atoms in total. The molecule has 1 heterocycles. The van der Waals surface area contributed by atoms with Crippen LogP contribution in [0.3, 0.4) is 0 Å². The minimum Gasteiger partial charge on any atom is -0.310 e. The van der Waals surface area contributed by atoms with Gasteiger partial charge in [-0.05, 0) is 36.4 Å². The van der Waals surface area contributed by atoms with Gasteiger partial charge >= 0.3 is 0 Å². The van der Waals surface area contributed by atoms with Crippen molar-refractivity contribution in [3.05, 3.63) is 97.2 Å². The van der Waals surface area contributed by atoms with Gasteiger partial charge < -0.3 is 4.90 Å². The zero-order valence-corrected chi connectivity index (χ0v) is 14.6. The third kappa shape index (κ3) is 3.53. The summed E-state index contributed by atoms with van der Waals surface area (Å²) in [4.78, 5) is 6.75. The Morgan fingerprint density at radius 3 is 1.72 bits per heavy atom. The first-order valence-electron chi connectivity index (χ1n) is 8.67. The summed E-state index contributed by atoms with van der Waals surface area (Å²) in [6, 6.07) is 31.2. The minimum atomic E-state index is 1.00. The largest absolute Gasteiger partial charge is 0.310 e. The van der Waals surface area contributed by atoms with Crippen molar-refractivity contribution < 1.29 is 0 Å². The standard InChI is InChI=1S/C21H16N2.C2H6/c1-3-9-17(10-4-1)23(18-11-5-2-6-12-18)21-15-16-22-20-14-8-7-13-19(20)21;1-2/h1-16H;1-2H3. The second-order valence-corrected chi connectivity index (χ2v) is 5.35. The highest BCUT2D eigenvalue weighted by molar-refractivity contribution is 5.96. The maximum absolute atomic E-state index is 4.48. The third-order valence-corrected chi connectivity index (χ3v) is 3.90. The Hall–Kier alpha value is -3.13. The molecule has 0 saturated carbocycles. The zero-order chi connectivity index (χ0) is 17.5. The Morgan fingerprint density at radius 1 is 0.600 bits per heavy atom. The van der Waals surface area contributed by atoms with E-state index in [0.717, 1.165) is 28.0 Å². The first-order chi connectivity index (χ1) is 12.4. The smallest absolute Gasteiger partial charge is 0.0723 e. The number of rotatable bonds is 3. The van der Waals surface area contributed by atoms with Crippen molar-refractivity contribution >= 4 is 28.0 Å². The Morgan fingerprint density at radius 2 is 1.12 bits per heavy atom. The lowest BCUT2D eigenvalue weighted by Crippen LogP contribution is -2.10. The highest BCUT2D eigenvalue weighted by atomic mass is 15.1. The zero-order valence-electron chi connectivity index (χ0n) is 14.6. The highest BCUT2D eigenvalue weighted by Crippen LogP contribution is 2.37. The normalized spacial score (nSPS) is 10.0. The summed E-state index contributed by atoms with van der Waals surface area (Å²) < 4.78 is 0. The molecule has 0 aliphatic rings. The van der Waals surface area contributed by atoms with Crippen molar-refractivity contribution in [3.63, 3.8) is 0 Å². The van der Waals surface area contributed by atoms with Gasteiger partial charge in [-0.25, -0.2) is 0 Å². The first-order valence-corrected chi connectivity index (χ1v) is 8.67. The summed E-state index contributed by atoms with van der Waals surface area (Å²) in [6.07, 6.45) is 1.87. The van der Waals surface area contributed by atoms with Crippen LogP contribution in [0.15, 0.2) is 97.2 Å². The van der Waals surface area contributed by atoms with Crippen LogP contribution < -0.4 is 4.90 Å². The van der Waals surface area contributed by atoms with E-state index in [1.165, 1.54) is 0 Å². The maximum atomic E-state index is 4.48. The number of benzene rings is 3. The van der Waals surface area contributed by atoms with E-state index in [2.05, 4.69) is 76.6 Å². The van der Waals surface area contributed by atoms with E-state index in [1.807, 2.05) is 44.3 Å². The number of nitrogens with zero attached hydrogens (tertiary/aromatic N) is 2. The van der Waals surface area contributed by atoms with Gasteiger partial charge in [-0.1, -0.05) is 68.4 Å². The van der Waals surface area contributed by atoms with Crippen molar-refractivity contribution in [1.29, 1.82) is 0 Å². The van der Waals surface area contributed by atoms with Crippen LogP contribution in [0.25, 0.3) is 10.9 Å². The van der Waals surface area contributed by atoms with E-state index in [-0.39, 0.29) is 0 Å². The van der Waals surface area contributed by atoms with Crippen LogP contribution >= 0.6 is 0 Å². The summed E-state index contributed by atoms with van der Waals surface area (Å²) in [5, 5.41) is 1.14. The quantitative estimate of drug-likeness (QED) is 0.415. The van der Waals surface area contributed by atoms with Crippen molar-refractivity contribution in [2.24, 2.45) is 0 Å². The number of aromatic nitrogens is 1. The van der Waals surface area contributed by atoms with Crippen molar-refractivity contribution in [2.45, 2.75) is 13.8 Å². The van der Waals surface area contributed by atoms with E-state index >= 15 is 0 Å². The van der Waals surface area contributed by atoms with Crippen molar-refractivity contribution in [1.82, 2.24) is 4.98 Å². The molecule has 0 aliphatic carbocycles. The highest BCUT2D eigenvalue weighted by Gasteiger charge is 2.14. The van der Waals surface area contributed by atoms with Gasteiger partial charge in [0.1, 0.15) is 0 Å². The molecule has 124 valence electrons. The Kier molecular flexibility index (Phi) is 5.43. The molecule has 0 aliphatic heterocycles. The predicted octanol–water partition coefficient (Wildman–Crippen LogP) is 6.73. The van der Waals surface area contributed by atoms with Gasteiger partial charge in [-0.3, -0.25) is 4.98 Å². The fourth-order valence-electron chi connectivity index (χ4n) is 2.86. The first kappa shape index (κ1) is 16.7. The molecule has 3 aromatic carbocycles. The third-order valence-electron chi connectivity index (χ3n) is 3.90. The fourth-order valence-corrected chi connectivity index (χ4v) is 2.86. The molecule has 2 heteroatoms. The summed E-state index contributed by atoms with van der Waals surface area (Å²) in [5.74, 6) is 0. The molecular formula is C23H22N2. The van der Waals surface area contributed by atoms with E-state index in [9.17, 15) is 0 Å². The summed E-state index contributed by atoms with van der Waals surface area (Å²) in [5.41, 5.74) is 4.40. The number of anilines is 3. The van der Waals surface area contributed by atoms with Crippen LogP contribution in [-0.2, 0) is 0 Å². The number of para-hydroxylation sites is 3. The van der Waals surface area contributed by atoms with Crippen LogP contribution in [0.5, 0.6) is 0 Å². The predicted molar refractivity (Wildman–Crippen MR) is 108 cm³/mol. The van der Waals surface area contributed by atoms with Gasteiger partial charge in [0.15, 0.2) is 0 Å². The maximum Gasteiger partial charge on any atom is 0.0723 e. The summed E-state index contributed by atoms with van der Waals surface area (Å²) in [6.45, 7) is 4.00. The lowest BCUT2D eigenvalue weighted by molar-refractivity contribution is 1.28. The number of hydrogen-bond donors (Lipinski definition) is 0. The summed E-state index contributed by atoms with van der Waals surface area (Å²) in [7, 11) is 0. The van der Waals surface area contributed by atoms with Crippen LogP contribution in [0.1, 0.15) is 13.8 Å². The molecule has 0 radical (unpaired) electrons. The number of fused-ring (bicyclic) bond motifs is 1. The molecule has 4 rings (SSSR count). The van der Waals surface area contributed by atoms with E-state index in [4.69, 9.17) is 0 Å². The minimum absolute atomic E-state index is 1.00. The molecule has 0 N–H and O–H groups in total. The molecular weight excluding hydrogens is 304 g/mol. The number of hydrogen-bond acceptors (Lipinski definition) is 2. The summed E-state index contributed by atoms with van der Waals surface area (Å²) >= 11 is 0. The Bertz CT molecular complexity index is 873. The fraction of sp³-hybridized carbons (Fsp3) is 0.0870. The Labute approximate surface area is 149 Å². The SMILES string of the molecule is CC.c1ccc(N(c2ccccc2)c2ccnc3ccccc23)cc1. The van der Waals surface area contributed by atoms with Crippen molar-refractivity contribution in [3.8, 4) is 0 Å². The van der Waals surface area contributed by atoms with E-state index in [0.29, 0.717) is 0 Å². The lowest BCUT2D eigenvalue weighted by Gasteiger charge is -2.26. The average Bonchev–Trinajstić information content (AvgIpc) is 2.72. The van der Waals surface area contributed by atoms with Gasteiger partial charge in [0.05, 0.1) is 11.2 Å². The van der Waals surface area contributed by atoms with Gasteiger partial charge in [-0.2, -0.15) is 0 Å². The van der Waals surface area contributed by atoms with Gasteiger partial charge in [-0.15, -0.1) is 0 Å². The van der Waals surface area contributed by atoms with E-state index < -0.39 is 0 Å². The van der Waals surface area contributed by atoms with Crippen LogP contribution in [0.2, 0.25) is 0 Å². The lowest BCUT2D eigenvalue weighted by atomic mass is 10.1. The molecule has 1 aromatic heterocycles. The van der Waals surface area contributed by atoms with Crippen LogP contribution in [0.4, 0.5) is 17.1 Å². The molecule has 0 fully saturated rings. The molecule has 0 spiro atoms. The molecule has 0 unspecified atom stereocenters. The van der Waals surface area contributed by atoms with Gasteiger partial charge in [0, 0.05) is 23.0 Å². The molecule has 4 aromatic rings. The monoisotopic (exact) mass is 326 g/mol. The molecule has 0 saturated heterocycles. The topological polar surface area (TPSA) is 16.1 Å². The van der Waals surface area contributed by atoms with Gasteiger partial charge in [0.25, 0.3) is 0 Å². The molecule has 0 amide bonds. The second-order valence-electron chi connectivity index (χ2n) is 5.35. The van der Waals surface area contributed by atoms with E-state index in [1.54, 1.807) is 0 Å². The molecule has 0 bridgehead atoms. The van der Waals surface area contributed by atoms with Gasteiger partial charge in [0.2, 0.25) is 0 Å². The molecule has 0 atom stereocenters. The second kappa shape index (κ2) is 8.11. The van der Waals surface area contributed by atoms with Crippen LogP contribution in [0, 0.1) is 0 Å². The Balaban J connectivity index is 0.000000880. The molecule has 25 heavy (non-hydrogen) atoms.